The fraction of sp³-hybridized carbons (Fsp3) is 0.875. The third-order valence-electron chi connectivity index (χ3n) is 4.90. The number of nitrogens with one attached hydrogen (secondary N) is 1. The zero-order chi connectivity index (χ0) is 15.9. The molecular weight excluding hydrogens is 268 g/mol. The summed E-state index contributed by atoms with van der Waals surface area (Å²) in [7, 11) is 0. The Balaban J connectivity index is 2.64. The molecule has 0 spiro atoms. The first-order valence-electron chi connectivity index (χ1n) is 8.28. The maximum absolute atomic E-state index is 12.4. The number of aliphatic carboxylic acids is 1. The number of piperidine rings is 1. The zero-order valence-electron chi connectivity index (χ0n) is 13.7. The number of rotatable bonds is 7. The first-order chi connectivity index (χ1) is 10.0. The summed E-state index contributed by atoms with van der Waals surface area (Å²) in [6.07, 6.45) is 6.43. The second kappa shape index (κ2) is 8.25. The summed E-state index contributed by atoms with van der Waals surface area (Å²) in [6.45, 7) is 6.86. The van der Waals surface area contributed by atoms with Crippen LogP contribution in [0.25, 0.3) is 0 Å². The van der Waals surface area contributed by atoms with Crippen molar-refractivity contribution in [3.8, 4) is 0 Å². The standard InChI is InChI=1S/C16H30N2O3/c1-4-9-13-10-7-8-11-18(13)15(21)17-12-16(5-2,6-3)14(19)20/h13H,4-12H2,1-3H3,(H,17,21)(H,19,20). The monoisotopic (exact) mass is 298 g/mol. The molecule has 1 fully saturated rings. The van der Waals surface area contributed by atoms with Gasteiger partial charge in [-0.1, -0.05) is 27.2 Å². The minimum atomic E-state index is -0.842. The molecule has 1 rings (SSSR count). The van der Waals surface area contributed by atoms with E-state index in [1.165, 1.54) is 6.42 Å². The van der Waals surface area contributed by atoms with Crippen molar-refractivity contribution in [1.82, 2.24) is 10.2 Å². The molecule has 0 bridgehead atoms. The minimum absolute atomic E-state index is 0.0966. The Morgan fingerprint density at radius 2 is 1.90 bits per heavy atom. The number of urea groups is 1. The van der Waals surface area contributed by atoms with Crippen LogP contribution in [-0.2, 0) is 4.79 Å². The van der Waals surface area contributed by atoms with Gasteiger partial charge in [0, 0.05) is 19.1 Å². The number of carbonyl (C=O) groups excluding carboxylic acids is 1. The van der Waals surface area contributed by atoms with Gasteiger partial charge in [-0.05, 0) is 38.5 Å². The van der Waals surface area contributed by atoms with Crippen molar-refractivity contribution in [2.45, 2.75) is 71.8 Å². The first kappa shape index (κ1) is 17.8. The van der Waals surface area contributed by atoms with Gasteiger partial charge in [-0.3, -0.25) is 4.79 Å². The van der Waals surface area contributed by atoms with Crippen LogP contribution in [0, 0.1) is 5.41 Å². The van der Waals surface area contributed by atoms with Crippen LogP contribution in [0.4, 0.5) is 4.79 Å². The summed E-state index contributed by atoms with van der Waals surface area (Å²) in [6, 6.07) is 0.215. The van der Waals surface area contributed by atoms with Crippen LogP contribution in [0.1, 0.15) is 65.7 Å². The molecule has 1 heterocycles. The Labute approximate surface area is 128 Å². The highest BCUT2D eigenvalue weighted by molar-refractivity contribution is 5.78. The van der Waals surface area contributed by atoms with E-state index in [-0.39, 0.29) is 12.6 Å². The molecule has 0 aliphatic carbocycles. The van der Waals surface area contributed by atoms with Crippen molar-refractivity contribution in [1.29, 1.82) is 0 Å². The molecule has 0 aromatic rings. The van der Waals surface area contributed by atoms with Gasteiger partial charge in [0.25, 0.3) is 0 Å². The van der Waals surface area contributed by atoms with Crippen LogP contribution < -0.4 is 5.32 Å². The van der Waals surface area contributed by atoms with Gasteiger partial charge in [0.2, 0.25) is 0 Å². The van der Waals surface area contributed by atoms with E-state index in [4.69, 9.17) is 0 Å². The number of carboxylic acids is 1. The topological polar surface area (TPSA) is 69.6 Å². The van der Waals surface area contributed by atoms with Crippen LogP contribution in [0.5, 0.6) is 0 Å². The third kappa shape index (κ3) is 4.35. The molecule has 0 aromatic heterocycles. The molecule has 1 unspecified atom stereocenters. The van der Waals surface area contributed by atoms with Gasteiger partial charge in [0.05, 0.1) is 5.41 Å². The number of likely N-dealkylation sites (tertiary alicyclic amines) is 1. The molecule has 122 valence electrons. The lowest BCUT2D eigenvalue weighted by molar-refractivity contribution is -0.149. The normalized spacial score (nSPS) is 19.4. The molecule has 5 nitrogen and oxygen atoms in total. The van der Waals surface area contributed by atoms with Crippen LogP contribution in [-0.4, -0.2) is 41.1 Å². The highest BCUT2D eigenvalue weighted by Gasteiger charge is 2.36. The second-order valence-electron chi connectivity index (χ2n) is 6.08. The van der Waals surface area contributed by atoms with Gasteiger partial charge in [0.15, 0.2) is 0 Å². The Kier molecular flexibility index (Phi) is 6.99. The van der Waals surface area contributed by atoms with Gasteiger partial charge < -0.3 is 15.3 Å². The predicted molar refractivity (Wildman–Crippen MR) is 83.3 cm³/mol. The number of carboxylic acid groups (broad SMARTS) is 1. The van der Waals surface area contributed by atoms with Crippen molar-refractivity contribution in [2.24, 2.45) is 5.41 Å². The van der Waals surface area contributed by atoms with E-state index < -0.39 is 11.4 Å². The maximum atomic E-state index is 12.4. The Morgan fingerprint density at radius 3 is 2.43 bits per heavy atom. The lowest BCUT2D eigenvalue weighted by Gasteiger charge is -2.37. The summed E-state index contributed by atoms with van der Waals surface area (Å²) >= 11 is 0. The van der Waals surface area contributed by atoms with Crippen LogP contribution in [0.3, 0.4) is 0 Å². The van der Waals surface area contributed by atoms with Gasteiger partial charge in [-0.2, -0.15) is 0 Å². The van der Waals surface area contributed by atoms with E-state index in [1.807, 2.05) is 18.7 Å². The van der Waals surface area contributed by atoms with Crippen LogP contribution in [0.2, 0.25) is 0 Å². The van der Waals surface area contributed by atoms with E-state index in [0.29, 0.717) is 18.9 Å². The molecule has 1 aliphatic heterocycles. The molecule has 1 atom stereocenters. The molecular formula is C16H30N2O3. The molecule has 21 heavy (non-hydrogen) atoms. The van der Waals surface area contributed by atoms with Crippen molar-refractivity contribution in [3.63, 3.8) is 0 Å². The molecule has 0 radical (unpaired) electrons. The molecule has 2 amide bonds. The number of nitrogens with zero attached hydrogens (tertiary/aromatic N) is 1. The first-order valence-corrected chi connectivity index (χ1v) is 8.28. The fourth-order valence-corrected chi connectivity index (χ4v) is 3.13. The van der Waals surface area contributed by atoms with Crippen molar-refractivity contribution in [3.05, 3.63) is 0 Å². The summed E-state index contributed by atoms with van der Waals surface area (Å²) < 4.78 is 0. The van der Waals surface area contributed by atoms with Gasteiger partial charge in [0.1, 0.15) is 0 Å². The fourth-order valence-electron chi connectivity index (χ4n) is 3.13. The lowest BCUT2D eigenvalue weighted by atomic mass is 9.82. The highest BCUT2D eigenvalue weighted by Crippen LogP contribution is 2.26. The van der Waals surface area contributed by atoms with Crippen LogP contribution >= 0.6 is 0 Å². The molecule has 5 heteroatoms. The van der Waals surface area contributed by atoms with E-state index >= 15 is 0 Å². The molecule has 2 N–H and O–H groups in total. The number of amides is 2. The van der Waals surface area contributed by atoms with E-state index in [9.17, 15) is 14.7 Å². The summed E-state index contributed by atoms with van der Waals surface area (Å²) in [5.41, 5.74) is -0.842. The van der Waals surface area contributed by atoms with Gasteiger partial charge in [-0.25, -0.2) is 4.79 Å². The Morgan fingerprint density at radius 1 is 1.24 bits per heavy atom. The highest BCUT2D eigenvalue weighted by atomic mass is 16.4. The quantitative estimate of drug-likeness (QED) is 0.758. The SMILES string of the molecule is CCCC1CCCCN1C(=O)NCC(CC)(CC)C(=O)O. The van der Waals surface area contributed by atoms with Crippen molar-refractivity contribution in [2.75, 3.05) is 13.1 Å². The Hall–Kier alpha value is -1.26. The van der Waals surface area contributed by atoms with Crippen molar-refractivity contribution < 1.29 is 14.7 Å². The molecule has 0 saturated carbocycles. The molecule has 0 aromatic carbocycles. The van der Waals surface area contributed by atoms with E-state index in [1.54, 1.807) is 0 Å². The van der Waals surface area contributed by atoms with E-state index in [2.05, 4.69) is 12.2 Å². The van der Waals surface area contributed by atoms with Gasteiger partial charge in [-0.15, -0.1) is 0 Å². The minimum Gasteiger partial charge on any atom is -0.481 e. The number of hydrogen-bond donors (Lipinski definition) is 2. The third-order valence-corrected chi connectivity index (χ3v) is 4.90. The van der Waals surface area contributed by atoms with Gasteiger partial charge >= 0.3 is 12.0 Å². The van der Waals surface area contributed by atoms with Crippen molar-refractivity contribution >= 4 is 12.0 Å². The summed E-state index contributed by atoms with van der Waals surface area (Å²) in [4.78, 5) is 25.8. The van der Waals surface area contributed by atoms with Crippen LogP contribution in [0.15, 0.2) is 0 Å². The predicted octanol–water partition coefficient (Wildman–Crippen LogP) is 3.24. The lowest BCUT2D eigenvalue weighted by Crippen LogP contribution is -2.52. The average molecular weight is 298 g/mol. The second-order valence-corrected chi connectivity index (χ2v) is 6.08. The molecule has 1 aliphatic rings. The average Bonchev–Trinajstić information content (AvgIpc) is 2.49. The number of carbonyl (C=O) groups is 2. The maximum Gasteiger partial charge on any atom is 0.317 e. The Bertz CT molecular complexity index is 351. The number of hydrogen-bond acceptors (Lipinski definition) is 2. The van der Waals surface area contributed by atoms with E-state index in [0.717, 1.165) is 32.2 Å². The summed E-state index contributed by atoms with van der Waals surface area (Å²) in [5.74, 6) is -0.823. The zero-order valence-corrected chi connectivity index (χ0v) is 13.7. The smallest absolute Gasteiger partial charge is 0.317 e. The largest absolute Gasteiger partial charge is 0.481 e. The summed E-state index contributed by atoms with van der Waals surface area (Å²) in [5, 5.41) is 12.3. The molecule has 1 saturated heterocycles.